The van der Waals surface area contributed by atoms with Crippen LogP contribution in [0.1, 0.15) is 20.7 Å². The molecule has 0 aromatic heterocycles. The fraction of sp³-hybridized carbons (Fsp3) is 0.118. The minimum Gasteiger partial charge on any atom is -0.479 e. The van der Waals surface area contributed by atoms with E-state index in [1.165, 1.54) is 6.07 Å². The predicted molar refractivity (Wildman–Crippen MR) is 89.9 cm³/mol. The molecule has 2 rings (SSSR count). The highest BCUT2D eigenvalue weighted by Crippen LogP contribution is 2.20. The molecule has 1 amide bonds. The Kier molecular flexibility index (Phi) is 5.84. The summed E-state index contributed by atoms with van der Waals surface area (Å²) < 4.78 is 9.64. The van der Waals surface area contributed by atoms with E-state index in [-0.39, 0.29) is 17.7 Å². The van der Waals surface area contributed by atoms with Gasteiger partial charge in [-0.25, -0.2) is 4.79 Å². The third-order valence-corrected chi connectivity index (χ3v) is 3.23. The summed E-state index contributed by atoms with van der Waals surface area (Å²) in [4.78, 5) is 34.3. The molecule has 0 saturated heterocycles. The number of benzene rings is 2. The molecule has 0 unspecified atom stereocenters. The molecule has 0 aliphatic heterocycles. The molecule has 0 bridgehead atoms. The monoisotopic (exact) mass is 355 g/mol. The van der Waals surface area contributed by atoms with E-state index in [2.05, 4.69) is 10.1 Å². The Morgan fingerprint density at radius 2 is 1.85 bits per heavy atom. The Morgan fingerprint density at radius 1 is 1.19 bits per heavy atom. The number of ether oxygens (including phenoxy) is 2. The number of nitriles is 1. The van der Waals surface area contributed by atoms with E-state index in [1.54, 1.807) is 24.3 Å². The molecule has 9 heteroatoms. The lowest BCUT2D eigenvalue weighted by Crippen LogP contribution is -2.14. The molecule has 0 fully saturated rings. The second-order valence-corrected chi connectivity index (χ2v) is 4.94. The Morgan fingerprint density at radius 3 is 2.42 bits per heavy atom. The molecule has 0 aliphatic carbocycles. The first-order valence-corrected chi connectivity index (χ1v) is 7.23. The molecule has 0 spiro atoms. The maximum absolute atomic E-state index is 12.3. The molecule has 1 N–H and O–H groups in total. The minimum atomic E-state index is -0.790. The smallest absolute Gasteiger partial charge is 0.338 e. The first-order valence-electron chi connectivity index (χ1n) is 7.23. The Balaban J connectivity index is 2.23. The highest BCUT2D eigenvalue weighted by atomic mass is 16.6. The van der Waals surface area contributed by atoms with Crippen molar-refractivity contribution in [1.82, 2.24) is 0 Å². The number of anilines is 1. The Labute approximate surface area is 147 Å². The van der Waals surface area contributed by atoms with E-state index in [0.717, 1.165) is 19.2 Å². The molecule has 0 heterocycles. The van der Waals surface area contributed by atoms with Crippen molar-refractivity contribution in [1.29, 1.82) is 5.26 Å². The van der Waals surface area contributed by atoms with Crippen molar-refractivity contribution in [3.8, 4) is 11.8 Å². The van der Waals surface area contributed by atoms with Crippen LogP contribution in [0.4, 0.5) is 11.4 Å². The summed E-state index contributed by atoms with van der Waals surface area (Å²) in [6.45, 7) is -0.101. The summed E-state index contributed by atoms with van der Waals surface area (Å²) in [5.41, 5.74) is -0.166. The number of esters is 1. The highest BCUT2D eigenvalue weighted by molar-refractivity contribution is 6.06. The number of nitrogens with one attached hydrogen (secondary N) is 1. The van der Waals surface area contributed by atoms with Crippen LogP contribution in [0.2, 0.25) is 0 Å². The third kappa shape index (κ3) is 4.55. The highest BCUT2D eigenvalue weighted by Gasteiger charge is 2.18. The summed E-state index contributed by atoms with van der Waals surface area (Å²) in [7, 11) is 1.14. The van der Waals surface area contributed by atoms with Crippen molar-refractivity contribution < 1.29 is 24.0 Å². The van der Waals surface area contributed by atoms with Crippen molar-refractivity contribution in [2.75, 3.05) is 19.0 Å². The lowest BCUT2D eigenvalue weighted by Gasteiger charge is -2.08. The van der Waals surface area contributed by atoms with Gasteiger partial charge in [-0.2, -0.15) is 5.26 Å². The number of nitro benzene ring substituents is 1. The molecule has 2 aromatic rings. The van der Waals surface area contributed by atoms with Gasteiger partial charge in [-0.05, 0) is 30.3 Å². The summed E-state index contributed by atoms with van der Waals surface area (Å²) in [5, 5.41) is 22.0. The second-order valence-electron chi connectivity index (χ2n) is 4.94. The van der Waals surface area contributed by atoms with Gasteiger partial charge in [0, 0.05) is 23.4 Å². The van der Waals surface area contributed by atoms with Crippen molar-refractivity contribution in [2.24, 2.45) is 0 Å². The molecular weight excluding hydrogens is 342 g/mol. The van der Waals surface area contributed by atoms with E-state index >= 15 is 0 Å². The lowest BCUT2D eigenvalue weighted by atomic mass is 10.1. The van der Waals surface area contributed by atoms with Gasteiger partial charge < -0.3 is 14.8 Å². The molecule has 132 valence electrons. The zero-order valence-corrected chi connectivity index (χ0v) is 13.6. The zero-order chi connectivity index (χ0) is 19.1. The summed E-state index contributed by atoms with van der Waals surface area (Å²) in [6, 6.07) is 11.3. The number of carbonyl (C=O) groups excluding carboxylic acids is 2. The summed E-state index contributed by atoms with van der Waals surface area (Å²) >= 11 is 0. The van der Waals surface area contributed by atoms with Gasteiger partial charge in [-0.3, -0.25) is 14.9 Å². The van der Waals surface area contributed by atoms with E-state index < -0.39 is 22.5 Å². The van der Waals surface area contributed by atoms with E-state index in [9.17, 15) is 19.7 Å². The van der Waals surface area contributed by atoms with Crippen LogP contribution in [0.5, 0.6) is 5.75 Å². The summed E-state index contributed by atoms with van der Waals surface area (Å²) in [6.07, 6.45) is 0. The predicted octanol–water partition coefficient (Wildman–Crippen LogP) is 2.54. The average molecular weight is 355 g/mol. The van der Waals surface area contributed by atoms with E-state index in [1.807, 2.05) is 6.07 Å². The number of carbonyl (C=O) groups is 2. The molecule has 0 radical (unpaired) electrons. The van der Waals surface area contributed by atoms with Crippen molar-refractivity contribution >= 4 is 23.3 Å². The Bertz CT molecular complexity index is 886. The third-order valence-electron chi connectivity index (χ3n) is 3.23. The first-order chi connectivity index (χ1) is 12.4. The van der Waals surface area contributed by atoms with E-state index in [4.69, 9.17) is 10.00 Å². The second kappa shape index (κ2) is 8.25. The van der Waals surface area contributed by atoms with Gasteiger partial charge in [0.05, 0.1) is 17.6 Å². The largest absolute Gasteiger partial charge is 0.479 e. The summed E-state index contributed by atoms with van der Waals surface area (Å²) in [5.74, 6) is -0.973. The quantitative estimate of drug-likeness (QED) is 0.478. The van der Waals surface area contributed by atoms with Crippen LogP contribution in [0.3, 0.4) is 0 Å². The molecule has 0 saturated carbocycles. The van der Waals surface area contributed by atoms with Gasteiger partial charge in [-0.15, -0.1) is 0 Å². The normalized spacial score (nSPS) is 9.69. The van der Waals surface area contributed by atoms with Crippen molar-refractivity contribution in [2.45, 2.75) is 0 Å². The van der Waals surface area contributed by atoms with Crippen LogP contribution in [0.25, 0.3) is 0 Å². The van der Waals surface area contributed by atoms with Crippen LogP contribution < -0.4 is 10.1 Å². The number of methoxy groups -OCH3 is 1. The van der Waals surface area contributed by atoms with Crippen molar-refractivity contribution in [3.63, 3.8) is 0 Å². The number of amides is 1. The van der Waals surface area contributed by atoms with Gasteiger partial charge in [-0.1, -0.05) is 0 Å². The minimum absolute atomic E-state index is 0.0654. The van der Waals surface area contributed by atoms with Crippen molar-refractivity contribution in [3.05, 3.63) is 63.7 Å². The van der Waals surface area contributed by atoms with Gasteiger partial charge in [0.2, 0.25) is 0 Å². The van der Waals surface area contributed by atoms with Gasteiger partial charge in [0.25, 0.3) is 11.6 Å². The van der Waals surface area contributed by atoms with Crippen LogP contribution >= 0.6 is 0 Å². The number of hydrogen-bond donors (Lipinski definition) is 1. The number of nitro groups is 1. The van der Waals surface area contributed by atoms with Crippen LogP contribution in [0, 0.1) is 21.4 Å². The fourth-order valence-electron chi connectivity index (χ4n) is 2.04. The number of nitrogens with zero attached hydrogens (tertiary/aromatic N) is 2. The average Bonchev–Trinajstić information content (AvgIpc) is 2.66. The maximum atomic E-state index is 12.3. The lowest BCUT2D eigenvalue weighted by molar-refractivity contribution is -0.384. The number of hydrogen-bond acceptors (Lipinski definition) is 7. The molecule has 9 nitrogen and oxygen atoms in total. The van der Waals surface area contributed by atoms with Crippen LogP contribution in [0.15, 0.2) is 42.5 Å². The molecule has 0 atom stereocenters. The van der Waals surface area contributed by atoms with Gasteiger partial charge >= 0.3 is 5.97 Å². The number of non-ortho nitro benzene ring substituents is 1. The molecular formula is C17H13N3O6. The van der Waals surface area contributed by atoms with Gasteiger partial charge in [0.1, 0.15) is 11.8 Å². The van der Waals surface area contributed by atoms with Gasteiger partial charge in [0.15, 0.2) is 6.61 Å². The fourth-order valence-corrected chi connectivity index (χ4v) is 2.04. The standard InChI is InChI=1S/C17H13N3O6/c1-25-17(22)12-8-11(9-14(10-12)20(23)24)16(21)19-13-2-4-15(5-3-13)26-7-6-18/h2-5,8-10H,7H2,1H3,(H,19,21). The molecule has 26 heavy (non-hydrogen) atoms. The maximum Gasteiger partial charge on any atom is 0.338 e. The number of rotatable bonds is 6. The van der Waals surface area contributed by atoms with E-state index in [0.29, 0.717) is 11.4 Å². The topological polar surface area (TPSA) is 132 Å². The Hall–Kier alpha value is -3.93. The van der Waals surface area contributed by atoms with Crippen LogP contribution in [-0.2, 0) is 4.74 Å². The molecule has 0 aliphatic rings. The molecule has 2 aromatic carbocycles. The first kappa shape index (κ1) is 18.4. The van der Waals surface area contributed by atoms with Crippen LogP contribution in [-0.4, -0.2) is 30.5 Å². The zero-order valence-electron chi connectivity index (χ0n) is 13.6. The SMILES string of the molecule is COC(=O)c1cc(C(=O)Nc2ccc(OCC#N)cc2)cc([N+](=O)[O-])c1.